The molecule has 3 amide bonds. The van der Waals surface area contributed by atoms with E-state index in [0.29, 0.717) is 19.0 Å². The monoisotopic (exact) mass is 359 g/mol. The lowest BCUT2D eigenvalue weighted by molar-refractivity contribution is -0.124. The number of rotatable bonds is 8. The number of nitrogens with one attached hydrogen (secondary N) is 3. The van der Waals surface area contributed by atoms with Crippen molar-refractivity contribution in [3.05, 3.63) is 35.9 Å². The highest BCUT2D eigenvalue weighted by molar-refractivity contribution is 6.01. The average Bonchev–Trinajstić information content (AvgIpc) is 3.00. The minimum Gasteiger partial charge on any atom is -0.356 e. The lowest BCUT2D eigenvalue weighted by Crippen LogP contribution is -2.47. The summed E-state index contributed by atoms with van der Waals surface area (Å²) in [4.78, 5) is 28.6. The van der Waals surface area contributed by atoms with Crippen LogP contribution >= 0.6 is 0 Å². The summed E-state index contributed by atoms with van der Waals surface area (Å²) in [6, 6.07) is 10.2. The summed E-state index contributed by atoms with van der Waals surface area (Å²) in [6.07, 6.45) is 2.03. The van der Waals surface area contributed by atoms with Crippen LogP contribution in [0.25, 0.3) is 0 Å². The molecule has 1 aliphatic rings. The van der Waals surface area contributed by atoms with Crippen LogP contribution in [-0.4, -0.2) is 56.0 Å². The Kier molecular flexibility index (Phi) is 7.00. The molecule has 1 saturated heterocycles. The third-order valence-electron chi connectivity index (χ3n) is 5.12. The smallest absolute Gasteiger partial charge is 0.324 e. The maximum Gasteiger partial charge on any atom is 0.324 e. The fourth-order valence-corrected chi connectivity index (χ4v) is 3.24. The maximum atomic E-state index is 11.6. The number of carbonyl (C=O) groups is 2. The minimum absolute atomic E-state index is 0.0314. The van der Waals surface area contributed by atoms with Crippen LogP contribution in [0.4, 0.5) is 4.79 Å². The lowest BCUT2D eigenvalue weighted by Gasteiger charge is -2.33. The van der Waals surface area contributed by atoms with Crippen LogP contribution in [-0.2, 0) is 10.2 Å². The van der Waals surface area contributed by atoms with Gasteiger partial charge in [-0.05, 0) is 18.4 Å². The Balaban J connectivity index is 1.90. The fraction of sp³-hybridized carbons (Fsp3) is 0.526. The van der Waals surface area contributed by atoms with Crippen molar-refractivity contribution in [1.82, 2.24) is 20.9 Å². The molecule has 26 heavy (non-hydrogen) atoms. The molecule has 0 radical (unpaired) electrons. The van der Waals surface area contributed by atoms with E-state index in [1.807, 2.05) is 6.07 Å². The molecule has 7 nitrogen and oxygen atoms in total. The van der Waals surface area contributed by atoms with Gasteiger partial charge in [-0.15, -0.1) is 0 Å². The zero-order valence-corrected chi connectivity index (χ0v) is 15.8. The second-order valence-corrected chi connectivity index (χ2v) is 6.41. The van der Waals surface area contributed by atoms with Crippen molar-refractivity contribution in [3.8, 4) is 0 Å². The van der Waals surface area contributed by atoms with Crippen molar-refractivity contribution in [2.24, 2.45) is 4.99 Å². The summed E-state index contributed by atoms with van der Waals surface area (Å²) in [5, 5.41) is 9.08. The molecular weight excluding hydrogens is 330 g/mol. The first-order chi connectivity index (χ1) is 12.6. The number of carbonyl (C=O) groups excluding carboxylic acids is 2. The van der Waals surface area contributed by atoms with E-state index in [-0.39, 0.29) is 23.9 Å². The maximum absolute atomic E-state index is 11.6. The van der Waals surface area contributed by atoms with Crippen molar-refractivity contribution in [1.29, 1.82) is 0 Å². The third-order valence-corrected chi connectivity index (χ3v) is 5.12. The zero-order chi connectivity index (χ0) is 19.0. The molecule has 7 heteroatoms. The third kappa shape index (κ3) is 4.53. The second-order valence-electron chi connectivity index (χ2n) is 6.41. The van der Waals surface area contributed by atoms with Crippen molar-refractivity contribution in [2.75, 3.05) is 33.2 Å². The summed E-state index contributed by atoms with van der Waals surface area (Å²) in [5.74, 6) is 0.471. The number of urea groups is 1. The standard InChI is InChI=1S/C19H29N5O2/c1-4-19(5-2,15-9-7-6-8-10-15)14-23-17(20-3)21-11-12-24-16(25)13-22-18(24)26/h6-10H,4-5,11-14H2,1-3H3,(H,22,26)(H2,20,21,23). The van der Waals surface area contributed by atoms with E-state index in [1.165, 1.54) is 10.5 Å². The first kappa shape index (κ1) is 19.8. The molecule has 1 aliphatic heterocycles. The van der Waals surface area contributed by atoms with Gasteiger partial charge in [-0.2, -0.15) is 0 Å². The molecular formula is C19H29N5O2. The lowest BCUT2D eigenvalue weighted by atomic mass is 9.76. The Morgan fingerprint density at radius 3 is 2.42 bits per heavy atom. The Hall–Kier alpha value is -2.57. The van der Waals surface area contributed by atoms with Gasteiger partial charge in [0.25, 0.3) is 0 Å². The Morgan fingerprint density at radius 2 is 1.88 bits per heavy atom. The van der Waals surface area contributed by atoms with E-state index in [0.717, 1.165) is 19.4 Å². The highest BCUT2D eigenvalue weighted by atomic mass is 16.2. The summed E-state index contributed by atoms with van der Waals surface area (Å²) < 4.78 is 0. The van der Waals surface area contributed by atoms with Gasteiger partial charge in [0.15, 0.2) is 5.96 Å². The number of hydrogen-bond acceptors (Lipinski definition) is 3. The van der Waals surface area contributed by atoms with E-state index in [9.17, 15) is 9.59 Å². The summed E-state index contributed by atoms with van der Waals surface area (Å²) in [7, 11) is 1.71. The summed E-state index contributed by atoms with van der Waals surface area (Å²) in [6.45, 7) is 6.01. The first-order valence-corrected chi connectivity index (χ1v) is 9.14. The molecule has 142 valence electrons. The largest absolute Gasteiger partial charge is 0.356 e. The molecule has 0 saturated carbocycles. The number of imide groups is 1. The van der Waals surface area contributed by atoms with E-state index in [2.05, 4.69) is 59.1 Å². The molecule has 0 unspecified atom stereocenters. The number of aliphatic imine (C=N–C) groups is 1. The average molecular weight is 359 g/mol. The van der Waals surface area contributed by atoms with Gasteiger partial charge in [0, 0.05) is 32.1 Å². The topological polar surface area (TPSA) is 85.8 Å². The van der Waals surface area contributed by atoms with Crippen molar-refractivity contribution in [2.45, 2.75) is 32.1 Å². The van der Waals surface area contributed by atoms with E-state index >= 15 is 0 Å². The Labute approximate surface area is 155 Å². The predicted molar refractivity (Wildman–Crippen MR) is 103 cm³/mol. The molecule has 1 fully saturated rings. The molecule has 0 aliphatic carbocycles. The molecule has 0 spiro atoms. The molecule has 0 bridgehead atoms. The van der Waals surface area contributed by atoms with Gasteiger partial charge >= 0.3 is 6.03 Å². The first-order valence-electron chi connectivity index (χ1n) is 9.14. The summed E-state index contributed by atoms with van der Waals surface area (Å²) >= 11 is 0. The van der Waals surface area contributed by atoms with Gasteiger partial charge < -0.3 is 16.0 Å². The van der Waals surface area contributed by atoms with E-state index < -0.39 is 0 Å². The van der Waals surface area contributed by atoms with Gasteiger partial charge in [0.05, 0.1) is 6.54 Å². The number of guanidine groups is 1. The molecule has 1 aromatic rings. The van der Waals surface area contributed by atoms with E-state index in [1.54, 1.807) is 7.05 Å². The summed E-state index contributed by atoms with van der Waals surface area (Å²) in [5.41, 5.74) is 1.34. The number of nitrogens with zero attached hydrogens (tertiary/aromatic N) is 2. The molecule has 2 rings (SSSR count). The van der Waals surface area contributed by atoms with Crippen LogP contribution in [0.15, 0.2) is 35.3 Å². The Morgan fingerprint density at radius 1 is 1.19 bits per heavy atom. The normalized spacial score (nSPS) is 15.2. The molecule has 3 N–H and O–H groups in total. The molecule has 1 heterocycles. The van der Waals surface area contributed by atoms with Gasteiger partial charge in [0.2, 0.25) is 5.91 Å². The fourth-order valence-electron chi connectivity index (χ4n) is 3.24. The quantitative estimate of drug-likeness (QED) is 0.373. The highest BCUT2D eigenvalue weighted by Gasteiger charge is 2.29. The van der Waals surface area contributed by atoms with E-state index in [4.69, 9.17) is 0 Å². The SMILES string of the molecule is CCC(CC)(CNC(=NC)NCCN1C(=O)CNC1=O)c1ccccc1. The van der Waals surface area contributed by atoms with Crippen LogP contribution in [0.3, 0.4) is 0 Å². The van der Waals surface area contributed by atoms with Crippen LogP contribution < -0.4 is 16.0 Å². The van der Waals surface area contributed by atoms with Crippen molar-refractivity contribution in [3.63, 3.8) is 0 Å². The van der Waals surface area contributed by atoms with Crippen LogP contribution in [0.5, 0.6) is 0 Å². The molecule has 1 aromatic carbocycles. The van der Waals surface area contributed by atoms with Gasteiger partial charge in [-0.1, -0.05) is 44.2 Å². The number of amides is 3. The van der Waals surface area contributed by atoms with Gasteiger partial charge in [-0.25, -0.2) is 4.79 Å². The van der Waals surface area contributed by atoms with Crippen LogP contribution in [0.2, 0.25) is 0 Å². The Bertz CT molecular complexity index is 625. The van der Waals surface area contributed by atoms with Crippen molar-refractivity contribution < 1.29 is 9.59 Å². The molecule has 0 atom stereocenters. The minimum atomic E-state index is -0.334. The predicted octanol–water partition coefficient (Wildman–Crippen LogP) is 1.46. The molecule has 0 aromatic heterocycles. The van der Waals surface area contributed by atoms with Crippen LogP contribution in [0, 0.1) is 0 Å². The number of benzene rings is 1. The van der Waals surface area contributed by atoms with Gasteiger partial charge in [0.1, 0.15) is 0 Å². The highest BCUT2D eigenvalue weighted by Crippen LogP contribution is 2.30. The second kappa shape index (κ2) is 9.22. The van der Waals surface area contributed by atoms with Gasteiger partial charge in [-0.3, -0.25) is 14.7 Å². The van der Waals surface area contributed by atoms with Crippen molar-refractivity contribution >= 4 is 17.9 Å². The zero-order valence-electron chi connectivity index (χ0n) is 15.8. The number of hydrogen-bond donors (Lipinski definition) is 3. The van der Waals surface area contributed by atoms with Crippen LogP contribution in [0.1, 0.15) is 32.3 Å².